The van der Waals surface area contributed by atoms with Gasteiger partial charge in [0.2, 0.25) is 0 Å². The lowest BCUT2D eigenvalue weighted by Gasteiger charge is -2.34. The lowest BCUT2D eigenvalue weighted by atomic mass is 9.76. The molecular formula is C19H19N3O4. The summed E-state index contributed by atoms with van der Waals surface area (Å²) in [6.45, 7) is 0. The van der Waals surface area contributed by atoms with Gasteiger partial charge in [0.15, 0.2) is 5.78 Å². The average molecular weight is 353 g/mol. The maximum absolute atomic E-state index is 12.9. The summed E-state index contributed by atoms with van der Waals surface area (Å²) in [5.74, 6) is -0.130. The standard InChI is InChI=1S/C19H19N3O4/c1-21-17-16(18(25)22(2)19(21)26)14(10-5-3-6-11(23)9-10)15-12(20-17)7-4-8-13(15)24/h3,5-6,9,14,20,23H,4,7-8H2,1-2H3/t14-/m0/s1. The second kappa shape index (κ2) is 5.72. The van der Waals surface area contributed by atoms with Crippen LogP contribution in [0.3, 0.4) is 0 Å². The van der Waals surface area contributed by atoms with Crippen LogP contribution in [0.25, 0.3) is 0 Å². The summed E-state index contributed by atoms with van der Waals surface area (Å²) in [5, 5.41) is 13.1. The van der Waals surface area contributed by atoms with Gasteiger partial charge in [0.05, 0.1) is 5.56 Å². The van der Waals surface area contributed by atoms with Crippen molar-refractivity contribution in [3.05, 3.63) is 67.5 Å². The van der Waals surface area contributed by atoms with E-state index in [1.54, 1.807) is 31.3 Å². The zero-order valence-electron chi connectivity index (χ0n) is 14.6. The summed E-state index contributed by atoms with van der Waals surface area (Å²) in [6, 6.07) is 6.59. The van der Waals surface area contributed by atoms with Crippen LogP contribution >= 0.6 is 0 Å². The monoisotopic (exact) mass is 353 g/mol. The first-order chi connectivity index (χ1) is 12.4. The number of rotatable bonds is 1. The minimum atomic E-state index is -0.605. The van der Waals surface area contributed by atoms with Crippen molar-refractivity contribution < 1.29 is 9.90 Å². The number of allylic oxidation sites excluding steroid dienone is 2. The molecule has 1 aromatic carbocycles. The largest absolute Gasteiger partial charge is 0.508 e. The third-order valence-electron chi connectivity index (χ3n) is 5.21. The molecule has 4 rings (SSSR count). The Bertz CT molecular complexity index is 1090. The second-order valence-corrected chi connectivity index (χ2v) is 6.79. The van der Waals surface area contributed by atoms with Gasteiger partial charge in [-0.25, -0.2) is 4.79 Å². The first-order valence-electron chi connectivity index (χ1n) is 8.52. The highest BCUT2D eigenvalue weighted by Crippen LogP contribution is 2.43. The van der Waals surface area contributed by atoms with Crippen molar-refractivity contribution in [1.82, 2.24) is 9.13 Å². The highest BCUT2D eigenvalue weighted by atomic mass is 16.3. The van der Waals surface area contributed by atoms with Crippen LogP contribution in [0.4, 0.5) is 5.82 Å². The number of anilines is 1. The lowest BCUT2D eigenvalue weighted by Crippen LogP contribution is -2.44. The summed E-state index contributed by atoms with van der Waals surface area (Å²) in [6.07, 6.45) is 1.84. The van der Waals surface area contributed by atoms with Crippen molar-refractivity contribution >= 4 is 11.6 Å². The van der Waals surface area contributed by atoms with Gasteiger partial charge < -0.3 is 10.4 Å². The first kappa shape index (κ1) is 16.4. The van der Waals surface area contributed by atoms with E-state index in [-0.39, 0.29) is 11.5 Å². The summed E-state index contributed by atoms with van der Waals surface area (Å²) < 4.78 is 2.45. The van der Waals surface area contributed by atoms with Gasteiger partial charge in [0.25, 0.3) is 5.56 Å². The molecule has 0 spiro atoms. The Kier molecular flexibility index (Phi) is 3.61. The van der Waals surface area contributed by atoms with Crippen LogP contribution < -0.4 is 16.6 Å². The van der Waals surface area contributed by atoms with Crippen molar-refractivity contribution in [2.45, 2.75) is 25.2 Å². The molecule has 0 radical (unpaired) electrons. The molecule has 1 aliphatic carbocycles. The number of hydrogen-bond donors (Lipinski definition) is 2. The van der Waals surface area contributed by atoms with Crippen LogP contribution in [0, 0.1) is 0 Å². The van der Waals surface area contributed by atoms with Crippen molar-refractivity contribution in [1.29, 1.82) is 0 Å². The topological polar surface area (TPSA) is 93.3 Å². The van der Waals surface area contributed by atoms with E-state index in [9.17, 15) is 19.5 Å². The number of nitrogens with zero attached hydrogens (tertiary/aromatic N) is 2. The van der Waals surface area contributed by atoms with Gasteiger partial charge in [-0.2, -0.15) is 0 Å². The zero-order valence-corrected chi connectivity index (χ0v) is 14.6. The Labute approximate surface area is 149 Å². The lowest BCUT2D eigenvalue weighted by molar-refractivity contribution is -0.116. The number of aromatic nitrogens is 2. The van der Waals surface area contributed by atoms with Crippen molar-refractivity contribution in [3.63, 3.8) is 0 Å². The second-order valence-electron chi connectivity index (χ2n) is 6.79. The SMILES string of the molecule is Cn1c2c(c(=O)n(C)c1=O)[C@@H](c1cccc(O)c1)C1=C(CCCC1=O)N2. The predicted octanol–water partition coefficient (Wildman–Crippen LogP) is 1.35. The molecule has 1 aromatic heterocycles. The zero-order chi connectivity index (χ0) is 18.6. The van der Waals surface area contributed by atoms with Gasteiger partial charge in [0.1, 0.15) is 11.6 Å². The van der Waals surface area contributed by atoms with Crippen molar-refractivity contribution in [2.75, 3.05) is 5.32 Å². The van der Waals surface area contributed by atoms with E-state index in [0.717, 1.165) is 16.7 Å². The molecule has 0 fully saturated rings. The molecule has 7 nitrogen and oxygen atoms in total. The van der Waals surface area contributed by atoms with Gasteiger partial charge in [-0.15, -0.1) is 0 Å². The minimum absolute atomic E-state index is 0.00588. The van der Waals surface area contributed by atoms with Gasteiger partial charge >= 0.3 is 5.69 Å². The summed E-state index contributed by atoms with van der Waals surface area (Å²) in [5.41, 5.74) is 1.46. The number of benzene rings is 1. The molecule has 0 unspecified atom stereocenters. The van der Waals surface area contributed by atoms with E-state index in [0.29, 0.717) is 35.4 Å². The quantitative estimate of drug-likeness (QED) is 0.807. The molecule has 7 heteroatoms. The normalized spacial score (nSPS) is 19.0. The first-order valence-corrected chi connectivity index (χ1v) is 8.52. The minimum Gasteiger partial charge on any atom is -0.508 e. The maximum Gasteiger partial charge on any atom is 0.332 e. The highest BCUT2D eigenvalue weighted by Gasteiger charge is 2.38. The summed E-state index contributed by atoms with van der Waals surface area (Å²) in [4.78, 5) is 38.0. The molecule has 1 atom stereocenters. The van der Waals surface area contributed by atoms with Crippen LogP contribution in [0.15, 0.2) is 45.1 Å². The number of nitrogens with one attached hydrogen (secondary N) is 1. The number of carbonyl (C=O) groups excluding carboxylic acids is 1. The molecule has 0 amide bonds. The fourth-order valence-electron chi connectivity index (χ4n) is 3.93. The van der Waals surface area contributed by atoms with Crippen molar-refractivity contribution in [2.24, 2.45) is 14.1 Å². The number of Topliss-reactive ketones (excluding diaryl/α,β-unsaturated/α-hetero) is 1. The third-order valence-corrected chi connectivity index (χ3v) is 5.21. The molecule has 0 saturated carbocycles. The fourth-order valence-corrected chi connectivity index (χ4v) is 3.93. The molecule has 2 heterocycles. The number of carbonyl (C=O) groups is 1. The smallest absolute Gasteiger partial charge is 0.332 e. The predicted molar refractivity (Wildman–Crippen MR) is 96.4 cm³/mol. The molecule has 26 heavy (non-hydrogen) atoms. The Morgan fingerprint density at radius 3 is 2.62 bits per heavy atom. The van der Waals surface area contributed by atoms with E-state index in [4.69, 9.17) is 0 Å². The summed E-state index contributed by atoms with van der Waals surface area (Å²) in [7, 11) is 3.03. The van der Waals surface area contributed by atoms with Crippen LogP contribution in [0.1, 0.15) is 36.3 Å². The van der Waals surface area contributed by atoms with Crippen LogP contribution in [-0.2, 0) is 18.9 Å². The number of ketones is 1. The van der Waals surface area contributed by atoms with Gasteiger partial charge in [0, 0.05) is 37.7 Å². The molecule has 1 aliphatic heterocycles. The van der Waals surface area contributed by atoms with Crippen LogP contribution in [0.2, 0.25) is 0 Å². The highest BCUT2D eigenvalue weighted by molar-refractivity contribution is 6.00. The molecule has 0 saturated heterocycles. The molecule has 0 bridgehead atoms. The third kappa shape index (κ3) is 2.23. The molecular weight excluding hydrogens is 334 g/mol. The van der Waals surface area contributed by atoms with E-state index >= 15 is 0 Å². The Hall–Kier alpha value is -3.09. The maximum atomic E-state index is 12.9. The number of hydrogen-bond acceptors (Lipinski definition) is 5. The number of phenolic OH excluding ortho intramolecular Hbond substituents is 1. The van der Waals surface area contributed by atoms with Crippen molar-refractivity contribution in [3.8, 4) is 5.75 Å². The van der Waals surface area contributed by atoms with Crippen LogP contribution in [0.5, 0.6) is 5.75 Å². The van der Waals surface area contributed by atoms with Gasteiger partial charge in [-0.05, 0) is 30.5 Å². The van der Waals surface area contributed by atoms with Gasteiger partial charge in [-0.1, -0.05) is 12.1 Å². The molecule has 2 N–H and O–H groups in total. The van der Waals surface area contributed by atoms with E-state index in [1.807, 2.05) is 0 Å². The Morgan fingerprint density at radius 1 is 1.12 bits per heavy atom. The fraction of sp³-hybridized carbons (Fsp3) is 0.316. The van der Waals surface area contributed by atoms with E-state index < -0.39 is 17.2 Å². The van der Waals surface area contributed by atoms with Crippen LogP contribution in [-0.4, -0.2) is 20.0 Å². The number of phenols is 1. The molecule has 2 aromatic rings. The Balaban J connectivity index is 2.10. The average Bonchev–Trinajstić information content (AvgIpc) is 2.63. The number of aromatic hydroxyl groups is 1. The summed E-state index contributed by atoms with van der Waals surface area (Å²) >= 11 is 0. The van der Waals surface area contributed by atoms with E-state index in [1.165, 1.54) is 11.6 Å². The Morgan fingerprint density at radius 2 is 1.88 bits per heavy atom. The van der Waals surface area contributed by atoms with E-state index in [2.05, 4.69) is 5.32 Å². The number of fused-ring (bicyclic) bond motifs is 1. The molecule has 134 valence electrons. The van der Waals surface area contributed by atoms with Gasteiger partial charge in [-0.3, -0.25) is 18.7 Å². The molecule has 2 aliphatic rings.